The van der Waals surface area contributed by atoms with Crippen LogP contribution in [0.15, 0.2) is 18.2 Å². The Labute approximate surface area is 113 Å². The van der Waals surface area contributed by atoms with Crippen molar-refractivity contribution in [2.75, 3.05) is 20.3 Å². The molecule has 19 heavy (non-hydrogen) atoms. The van der Waals surface area contributed by atoms with Gasteiger partial charge in [-0.3, -0.25) is 4.79 Å². The molecule has 0 aliphatic carbocycles. The van der Waals surface area contributed by atoms with Gasteiger partial charge in [0.25, 0.3) is 5.91 Å². The Kier molecular flexibility index (Phi) is 5.18. The van der Waals surface area contributed by atoms with E-state index in [4.69, 9.17) is 4.74 Å². The second-order valence-corrected chi connectivity index (χ2v) is 5.26. The minimum atomic E-state index is -0.404. The number of phenolic OH excluding ortho intramolecular Hbond substituents is 2. The van der Waals surface area contributed by atoms with Gasteiger partial charge in [0.15, 0.2) is 11.5 Å². The molecule has 0 unspecified atom stereocenters. The molecule has 0 heterocycles. The molecule has 3 N–H and O–H groups in total. The third-order valence-corrected chi connectivity index (χ3v) is 2.97. The van der Waals surface area contributed by atoms with E-state index in [0.717, 1.165) is 6.42 Å². The van der Waals surface area contributed by atoms with Crippen LogP contribution < -0.4 is 5.32 Å². The van der Waals surface area contributed by atoms with Gasteiger partial charge in [-0.1, -0.05) is 19.9 Å². The first-order valence-electron chi connectivity index (χ1n) is 6.15. The van der Waals surface area contributed by atoms with E-state index in [2.05, 4.69) is 5.32 Å². The summed E-state index contributed by atoms with van der Waals surface area (Å²) in [5, 5.41) is 21.7. The summed E-state index contributed by atoms with van der Waals surface area (Å²) in [6.07, 6.45) is 0.815. The van der Waals surface area contributed by atoms with Gasteiger partial charge in [-0.15, -0.1) is 0 Å². The largest absolute Gasteiger partial charge is 0.504 e. The van der Waals surface area contributed by atoms with Crippen LogP contribution in [0.2, 0.25) is 0 Å². The Morgan fingerprint density at radius 2 is 2.05 bits per heavy atom. The zero-order valence-corrected chi connectivity index (χ0v) is 11.6. The van der Waals surface area contributed by atoms with Crippen molar-refractivity contribution in [3.63, 3.8) is 0 Å². The van der Waals surface area contributed by atoms with Gasteiger partial charge >= 0.3 is 0 Å². The fraction of sp³-hybridized carbons (Fsp3) is 0.500. The number of aromatic hydroxyl groups is 2. The lowest BCUT2D eigenvalue weighted by Gasteiger charge is -2.24. The fourth-order valence-electron chi connectivity index (χ4n) is 1.60. The summed E-state index contributed by atoms with van der Waals surface area (Å²) in [4.78, 5) is 11.9. The molecule has 5 nitrogen and oxygen atoms in total. The van der Waals surface area contributed by atoms with Gasteiger partial charge in [-0.05, 0) is 24.0 Å². The number of hydrogen-bond acceptors (Lipinski definition) is 4. The molecule has 0 aliphatic heterocycles. The van der Waals surface area contributed by atoms with Crippen molar-refractivity contribution in [3.05, 3.63) is 23.8 Å². The van der Waals surface area contributed by atoms with Crippen LogP contribution in [0, 0.1) is 5.41 Å². The Morgan fingerprint density at radius 1 is 1.37 bits per heavy atom. The first-order valence-corrected chi connectivity index (χ1v) is 6.15. The number of nitrogens with one attached hydrogen (secondary N) is 1. The van der Waals surface area contributed by atoms with E-state index in [1.54, 1.807) is 7.11 Å². The molecule has 0 spiro atoms. The molecule has 0 bridgehead atoms. The third-order valence-electron chi connectivity index (χ3n) is 2.97. The first kappa shape index (κ1) is 15.3. The van der Waals surface area contributed by atoms with Crippen LogP contribution in [0.1, 0.15) is 30.6 Å². The number of hydrogen-bond donors (Lipinski definition) is 3. The highest BCUT2D eigenvalue weighted by Crippen LogP contribution is 2.28. The molecule has 0 aliphatic rings. The SMILES string of the molecule is COCCC(C)(C)CNC(=O)c1cccc(O)c1O. The predicted molar refractivity (Wildman–Crippen MR) is 72.4 cm³/mol. The zero-order valence-electron chi connectivity index (χ0n) is 11.6. The van der Waals surface area contributed by atoms with Crippen molar-refractivity contribution in [1.29, 1.82) is 0 Å². The quantitative estimate of drug-likeness (QED) is 0.688. The van der Waals surface area contributed by atoms with Crippen molar-refractivity contribution < 1.29 is 19.7 Å². The number of carbonyl (C=O) groups excluding carboxylic acids is 1. The van der Waals surface area contributed by atoms with E-state index in [-0.39, 0.29) is 16.7 Å². The lowest BCUT2D eigenvalue weighted by Crippen LogP contribution is -2.34. The number of amides is 1. The molecular formula is C14H21NO4. The molecule has 0 radical (unpaired) electrons. The fourth-order valence-corrected chi connectivity index (χ4v) is 1.60. The topological polar surface area (TPSA) is 78.8 Å². The minimum absolute atomic E-state index is 0.0718. The molecule has 1 aromatic rings. The normalized spacial score (nSPS) is 11.3. The molecule has 1 rings (SSSR count). The molecular weight excluding hydrogens is 246 g/mol. The van der Waals surface area contributed by atoms with E-state index in [1.807, 2.05) is 13.8 Å². The monoisotopic (exact) mass is 267 g/mol. The highest BCUT2D eigenvalue weighted by Gasteiger charge is 2.20. The molecule has 1 aromatic carbocycles. The maximum atomic E-state index is 11.9. The number of para-hydroxylation sites is 1. The molecule has 0 fully saturated rings. The van der Waals surface area contributed by atoms with Gasteiger partial charge in [0.2, 0.25) is 0 Å². The van der Waals surface area contributed by atoms with Crippen LogP contribution in [0.4, 0.5) is 0 Å². The van der Waals surface area contributed by atoms with Crippen molar-refractivity contribution in [2.24, 2.45) is 5.41 Å². The van der Waals surface area contributed by atoms with Crippen molar-refractivity contribution >= 4 is 5.91 Å². The highest BCUT2D eigenvalue weighted by molar-refractivity contribution is 5.97. The van der Waals surface area contributed by atoms with Gasteiger partial charge in [0.05, 0.1) is 5.56 Å². The van der Waals surface area contributed by atoms with Gasteiger partial charge in [0.1, 0.15) is 0 Å². The Balaban J connectivity index is 2.63. The number of ether oxygens (including phenoxy) is 1. The summed E-state index contributed by atoms with van der Waals surface area (Å²) in [5.41, 5.74) is -0.0273. The van der Waals surface area contributed by atoms with Crippen molar-refractivity contribution in [2.45, 2.75) is 20.3 Å². The van der Waals surface area contributed by atoms with Crippen LogP contribution in [0.3, 0.4) is 0 Å². The minimum Gasteiger partial charge on any atom is -0.504 e. The standard InChI is InChI=1S/C14H21NO4/c1-14(2,7-8-19-3)9-15-13(18)10-5-4-6-11(16)12(10)17/h4-6,16-17H,7-9H2,1-3H3,(H,15,18). The van der Waals surface area contributed by atoms with E-state index >= 15 is 0 Å². The van der Waals surface area contributed by atoms with Gasteiger partial charge in [0, 0.05) is 20.3 Å². The lowest BCUT2D eigenvalue weighted by molar-refractivity contribution is 0.0917. The highest BCUT2D eigenvalue weighted by atomic mass is 16.5. The zero-order chi connectivity index (χ0) is 14.5. The van der Waals surface area contributed by atoms with Crippen LogP contribution in [0.25, 0.3) is 0 Å². The number of rotatable bonds is 6. The second-order valence-electron chi connectivity index (χ2n) is 5.26. The summed E-state index contributed by atoms with van der Waals surface area (Å²) in [6.45, 7) is 5.13. The van der Waals surface area contributed by atoms with Gasteiger partial charge < -0.3 is 20.3 Å². The van der Waals surface area contributed by atoms with Crippen LogP contribution in [-0.4, -0.2) is 36.4 Å². The Morgan fingerprint density at radius 3 is 2.68 bits per heavy atom. The Hall–Kier alpha value is -1.75. The van der Waals surface area contributed by atoms with E-state index in [1.165, 1.54) is 18.2 Å². The molecule has 0 aromatic heterocycles. The average molecular weight is 267 g/mol. The maximum Gasteiger partial charge on any atom is 0.255 e. The van der Waals surface area contributed by atoms with Crippen LogP contribution in [-0.2, 0) is 4.74 Å². The summed E-state index contributed by atoms with van der Waals surface area (Å²) in [6, 6.07) is 4.31. The Bertz CT molecular complexity index is 443. The number of benzene rings is 1. The summed E-state index contributed by atoms with van der Waals surface area (Å²) in [7, 11) is 1.64. The van der Waals surface area contributed by atoms with Crippen molar-refractivity contribution in [1.82, 2.24) is 5.32 Å². The predicted octanol–water partition coefficient (Wildman–Crippen LogP) is 1.89. The summed E-state index contributed by atoms with van der Waals surface area (Å²) >= 11 is 0. The molecule has 0 saturated heterocycles. The summed E-state index contributed by atoms with van der Waals surface area (Å²) in [5.74, 6) is -1.10. The smallest absolute Gasteiger partial charge is 0.255 e. The molecule has 0 atom stereocenters. The molecule has 1 amide bonds. The number of methoxy groups -OCH3 is 1. The van der Waals surface area contributed by atoms with E-state index in [0.29, 0.717) is 13.2 Å². The van der Waals surface area contributed by atoms with Gasteiger partial charge in [-0.2, -0.15) is 0 Å². The van der Waals surface area contributed by atoms with Crippen molar-refractivity contribution in [3.8, 4) is 11.5 Å². The van der Waals surface area contributed by atoms with E-state index in [9.17, 15) is 15.0 Å². The number of phenols is 2. The maximum absolute atomic E-state index is 11.9. The molecule has 0 saturated carbocycles. The van der Waals surface area contributed by atoms with Gasteiger partial charge in [-0.25, -0.2) is 0 Å². The second kappa shape index (κ2) is 6.43. The third kappa shape index (κ3) is 4.44. The van der Waals surface area contributed by atoms with Crippen LogP contribution >= 0.6 is 0 Å². The first-order chi connectivity index (χ1) is 8.87. The van der Waals surface area contributed by atoms with E-state index < -0.39 is 11.7 Å². The van der Waals surface area contributed by atoms with Crippen LogP contribution in [0.5, 0.6) is 11.5 Å². The summed E-state index contributed by atoms with van der Waals surface area (Å²) < 4.78 is 5.02. The molecule has 106 valence electrons. The lowest BCUT2D eigenvalue weighted by atomic mass is 9.89. The average Bonchev–Trinajstić information content (AvgIpc) is 2.37. The molecule has 5 heteroatoms. The number of carbonyl (C=O) groups is 1.